The van der Waals surface area contributed by atoms with Crippen LogP contribution >= 0.6 is 0 Å². The van der Waals surface area contributed by atoms with Crippen LogP contribution in [0, 0.1) is 23.2 Å². The number of hydrogen-bond acceptors (Lipinski definition) is 2. The van der Waals surface area contributed by atoms with Gasteiger partial charge >= 0.3 is 0 Å². The fourth-order valence-corrected chi connectivity index (χ4v) is 5.60. The lowest BCUT2D eigenvalue weighted by Gasteiger charge is -2.49. The molecular weight excluding hydrogens is 284 g/mol. The second-order valence-electron chi connectivity index (χ2n) is 8.43. The van der Waals surface area contributed by atoms with E-state index in [1.165, 1.54) is 22.3 Å². The van der Waals surface area contributed by atoms with Gasteiger partial charge in [0.15, 0.2) is 0 Å². The van der Waals surface area contributed by atoms with E-state index < -0.39 is 5.60 Å². The normalized spacial score (nSPS) is 41.5. The van der Waals surface area contributed by atoms with Gasteiger partial charge in [-0.2, -0.15) is 0 Å². The number of aliphatic hydroxyl groups is 2. The molecule has 0 aliphatic heterocycles. The predicted molar refractivity (Wildman–Crippen MR) is 95.0 cm³/mol. The third-order valence-corrected chi connectivity index (χ3v) is 7.23. The van der Waals surface area contributed by atoms with Crippen molar-refractivity contribution in [1.29, 1.82) is 0 Å². The van der Waals surface area contributed by atoms with E-state index in [9.17, 15) is 10.2 Å². The maximum Gasteiger partial charge on any atom is 0.114 e. The highest BCUT2D eigenvalue weighted by Gasteiger charge is 2.59. The first-order valence-electron chi connectivity index (χ1n) is 9.18. The molecule has 2 N–H and O–H groups in total. The van der Waals surface area contributed by atoms with Crippen LogP contribution in [0.2, 0.25) is 0 Å². The first kappa shape index (κ1) is 17.0. The summed E-state index contributed by atoms with van der Waals surface area (Å²) in [7, 11) is 0. The van der Waals surface area contributed by atoms with E-state index in [1.807, 2.05) is 0 Å². The zero-order chi connectivity index (χ0) is 17.0. The number of rotatable bonds is 4. The molecule has 1 fully saturated rings. The number of fused-ring (bicyclic) bond motifs is 2. The van der Waals surface area contributed by atoms with Crippen LogP contribution in [0.4, 0.5) is 0 Å². The highest BCUT2D eigenvalue weighted by molar-refractivity contribution is 5.49. The molecule has 0 spiro atoms. The van der Waals surface area contributed by atoms with Gasteiger partial charge in [0.25, 0.3) is 0 Å². The Bertz CT molecular complexity index is 585. The Kier molecular flexibility index (Phi) is 4.13. The summed E-state index contributed by atoms with van der Waals surface area (Å²) in [6, 6.07) is 0. The Balaban J connectivity index is 2.09. The van der Waals surface area contributed by atoms with Crippen LogP contribution in [0.1, 0.15) is 59.8 Å². The lowest BCUT2D eigenvalue weighted by Crippen LogP contribution is -2.50. The number of allylic oxidation sites excluding steroid dienone is 2. The van der Waals surface area contributed by atoms with Crippen molar-refractivity contribution >= 4 is 0 Å². The molecule has 128 valence electrons. The van der Waals surface area contributed by atoms with E-state index in [0.717, 1.165) is 32.1 Å². The summed E-state index contributed by atoms with van der Waals surface area (Å²) >= 11 is 0. The maximum absolute atomic E-state index is 12.0. The molecule has 2 heteroatoms. The Morgan fingerprint density at radius 2 is 2.04 bits per heavy atom. The molecule has 0 heterocycles. The van der Waals surface area contributed by atoms with Crippen LogP contribution in [0.25, 0.3) is 0 Å². The van der Waals surface area contributed by atoms with Crippen molar-refractivity contribution < 1.29 is 10.2 Å². The molecule has 2 nitrogen and oxygen atoms in total. The van der Waals surface area contributed by atoms with Crippen LogP contribution in [-0.4, -0.2) is 22.4 Å². The summed E-state index contributed by atoms with van der Waals surface area (Å²) in [5, 5.41) is 21.3. The van der Waals surface area contributed by atoms with Crippen molar-refractivity contribution in [1.82, 2.24) is 0 Å². The largest absolute Gasteiger partial charge is 0.396 e. The van der Waals surface area contributed by atoms with E-state index >= 15 is 0 Å². The van der Waals surface area contributed by atoms with Crippen molar-refractivity contribution in [3.05, 3.63) is 34.9 Å². The fraction of sp³-hybridized carbons (Fsp3) is 0.714. The predicted octanol–water partition coefficient (Wildman–Crippen LogP) is 4.39. The Morgan fingerprint density at radius 3 is 2.70 bits per heavy atom. The van der Waals surface area contributed by atoms with Crippen molar-refractivity contribution in [3.63, 3.8) is 0 Å². The van der Waals surface area contributed by atoms with Gasteiger partial charge in [0.05, 0.1) is 0 Å². The SMILES string of the molecule is C=C1[C@H]2CC[C@]1(C)[C@@](O)(C1=C(C)CC[C@@H]1[C@@H](C)CCO)C=C2C. The van der Waals surface area contributed by atoms with Gasteiger partial charge in [0.1, 0.15) is 5.60 Å². The maximum atomic E-state index is 12.0. The molecule has 23 heavy (non-hydrogen) atoms. The molecule has 3 aliphatic rings. The molecule has 0 amide bonds. The second kappa shape index (κ2) is 5.60. The summed E-state index contributed by atoms with van der Waals surface area (Å²) in [6.07, 6.45) is 7.25. The first-order valence-corrected chi connectivity index (χ1v) is 9.18. The second-order valence-corrected chi connectivity index (χ2v) is 8.43. The van der Waals surface area contributed by atoms with Crippen molar-refractivity contribution in [2.24, 2.45) is 23.2 Å². The molecule has 3 aliphatic carbocycles. The van der Waals surface area contributed by atoms with Crippen molar-refractivity contribution in [3.8, 4) is 0 Å². The van der Waals surface area contributed by atoms with Crippen LogP contribution in [0.5, 0.6) is 0 Å². The Hall–Kier alpha value is -0.860. The van der Waals surface area contributed by atoms with Crippen LogP contribution < -0.4 is 0 Å². The molecule has 0 saturated heterocycles. The minimum atomic E-state index is -0.893. The lowest BCUT2D eigenvalue weighted by molar-refractivity contribution is 0.00787. The van der Waals surface area contributed by atoms with Gasteiger partial charge in [0, 0.05) is 17.9 Å². The van der Waals surface area contributed by atoms with Crippen molar-refractivity contribution in [2.45, 2.75) is 65.4 Å². The minimum Gasteiger partial charge on any atom is -0.396 e. The highest BCUT2D eigenvalue weighted by atomic mass is 16.3. The quantitative estimate of drug-likeness (QED) is 0.755. The smallest absolute Gasteiger partial charge is 0.114 e. The van der Waals surface area contributed by atoms with Gasteiger partial charge < -0.3 is 10.2 Å². The van der Waals surface area contributed by atoms with E-state index in [4.69, 9.17) is 0 Å². The molecule has 0 aromatic carbocycles. The van der Waals surface area contributed by atoms with Crippen LogP contribution in [-0.2, 0) is 0 Å². The zero-order valence-corrected chi connectivity index (χ0v) is 15.2. The fourth-order valence-electron chi connectivity index (χ4n) is 5.60. The average molecular weight is 316 g/mol. The van der Waals surface area contributed by atoms with Crippen LogP contribution in [0.15, 0.2) is 34.9 Å². The topological polar surface area (TPSA) is 40.5 Å². The standard InChI is InChI=1S/C21H32O2/c1-13(9-11-22)18-7-6-14(2)19(18)21(23)12-15(3)17-8-10-20(21,5)16(17)4/h12-13,17-18,22-23H,4,6-11H2,1-3,5H3/t13-,17-,18+,20-,21-/m0/s1. The third-order valence-electron chi connectivity index (χ3n) is 7.23. The number of hydrogen-bond donors (Lipinski definition) is 2. The van der Waals surface area contributed by atoms with Gasteiger partial charge in [-0.25, -0.2) is 0 Å². The van der Waals surface area contributed by atoms with Gasteiger partial charge in [-0.1, -0.05) is 37.1 Å². The van der Waals surface area contributed by atoms with Crippen molar-refractivity contribution in [2.75, 3.05) is 6.61 Å². The van der Waals surface area contributed by atoms with E-state index in [1.54, 1.807) is 0 Å². The molecule has 0 aromatic heterocycles. The summed E-state index contributed by atoms with van der Waals surface area (Å²) in [6.45, 7) is 13.4. The molecule has 0 aromatic rings. The van der Waals surface area contributed by atoms with E-state index in [2.05, 4.69) is 40.3 Å². The van der Waals surface area contributed by atoms with Gasteiger partial charge in [-0.15, -0.1) is 0 Å². The lowest BCUT2D eigenvalue weighted by atomic mass is 9.59. The first-order chi connectivity index (χ1) is 10.8. The highest BCUT2D eigenvalue weighted by Crippen LogP contribution is 2.63. The average Bonchev–Trinajstić information content (AvgIpc) is 2.98. The summed E-state index contributed by atoms with van der Waals surface area (Å²) in [5.74, 6) is 1.23. The van der Waals surface area contributed by atoms with Gasteiger partial charge in [-0.3, -0.25) is 0 Å². The van der Waals surface area contributed by atoms with E-state index in [-0.39, 0.29) is 12.0 Å². The molecule has 1 saturated carbocycles. The zero-order valence-electron chi connectivity index (χ0n) is 15.2. The number of aliphatic hydroxyl groups excluding tert-OH is 1. The molecule has 0 unspecified atom stereocenters. The summed E-state index contributed by atoms with van der Waals surface area (Å²) in [5.41, 5.74) is 3.97. The molecule has 5 atom stereocenters. The third kappa shape index (κ3) is 2.21. The molecular formula is C21H32O2. The summed E-state index contributed by atoms with van der Waals surface area (Å²) < 4.78 is 0. The summed E-state index contributed by atoms with van der Waals surface area (Å²) in [4.78, 5) is 0. The Morgan fingerprint density at radius 1 is 1.35 bits per heavy atom. The molecule has 3 rings (SSSR count). The molecule has 2 bridgehead atoms. The van der Waals surface area contributed by atoms with Crippen LogP contribution in [0.3, 0.4) is 0 Å². The van der Waals surface area contributed by atoms with Gasteiger partial charge in [-0.05, 0) is 69.4 Å². The van der Waals surface area contributed by atoms with Gasteiger partial charge in [0.2, 0.25) is 0 Å². The van der Waals surface area contributed by atoms with E-state index in [0.29, 0.717) is 17.8 Å². The Labute approximate surface area is 141 Å². The minimum absolute atomic E-state index is 0.226. The monoisotopic (exact) mass is 316 g/mol. The molecule has 0 radical (unpaired) electrons.